The molecule has 4 N–H and O–H groups in total. The zero-order chi connectivity index (χ0) is 16.5. The number of rotatable bonds is 11. The lowest BCUT2D eigenvalue weighted by atomic mass is 9.92. The van der Waals surface area contributed by atoms with E-state index >= 15 is 0 Å². The largest absolute Gasteiger partial charge is 0.465 e. The van der Waals surface area contributed by atoms with Crippen molar-refractivity contribution >= 4 is 11.9 Å². The Balaban J connectivity index is 4.43. The topological polar surface area (TPSA) is 93.4 Å². The second-order valence-electron chi connectivity index (χ2n) is 5.84. The van der Waals surface area contributed by atoms with Crippen LogP contribution in [0, 0.1) is 0 Å². The van der Waals surface area contributed by atoms with Crippen molar-refractivity contribution in [2.75, 3.05) is 13.7 Å². The minimum atomic E-state index is -0.688. The summed E-state index contributed by atoms with van der Waals surface area (Å²) in [5, 5.41) is 6.18. The first-order chi connectivity index (χ1) is 9.76. The predicted octanol–water partition coefficient (Wildman–Crippen LogP) is 0.940. The zero-order valence-electron chi connectivity index (χ0n) is 14.0. The van der Waals surface area contributed by atoms with Crippen LogP contribution in [-0.4, -0.2) is 43.2 Å². The fraction of sp³-hybridized carbons (Fsp3) is 0.867. The summed E-state index contributed by atoms with van der Waals surface area (Å²) in [6.07, 6.45) is 2.98. The van der Waals surface area contributed by atoms with Crippen LogP contribution in [0.25, 0.3) is 0 Å². The lowest BCUT2D eigenvalue weighted by Gasteiger charge is -2.30. The average molecular weight is 301 g/mol. The first-order valence-electron chi connectivity index (χ1n) is 7.68. The Bertz CT molecular complexity index is 334. The van der Waals surface area contributed by atoms with Crippen molar-refractivity contribution in [2.45, 2.75) is 71.0 Å². The number of unbranched alkanes of at least 4 members (excludes halogenated alkanes) is 1. The van der Waals surface area contributed by atoms with Crippen molar-refractivity contribution in [3.8, 4) is 0 Å². The van der Waals surface area contributed by atoms with Crippen molar-refractivity contribution < 1.29 is 14.3 Å². The highest BCUT2D eigenvalue weighted by atomic mass is 16.5. The van der Waals surface area contributed by atoms with Gasteiger partial charge in [0.15, 0.2) is 0 Å². The van der Waals surface area contributed by atoms with Gasteiger partial charge >= 0.3 is 5.97 Å². The molecule has 2 unspecified atom stereocenters. The Hall–Kier alpha value is -1.14. The summed E-state index contributed by atoms with van der Waals surface area (Å²) in [6, 6.07) is -0.119. The Labute approximate surface area is 128 Å². The predicted molar refractivity (Wildman–Crippen MR) is 83.8 cm³/mol. The summed E-state index contributed by atoms with van der Waals surface area (Å²) >= 11 is 0. The van der Waals surface area contributed by atoms with Crippen molar-refractivity contribution in [2.24, 2.45) is 5.73 Å². The van der Waals surface area contributed by atoms with Crippen molar-refractivity contribution in [1.82, 2.24) is 10.6 Å². The third-order valence-electron chi connectivity index (χ3n) is 3.44. The summed E-state index contributed by atoms with van der Waals surface area (Å²) in [6.45, 7) is 8.05. The van der Waals surface area contributed by atoms with E-state index in [9.17, 15) is 9.59 Å². The maximum Gasteiger partial charge on any atom is 0.326 e. The van der Waals surface area contributed by atoms with Crippen LogP contribution in [0.15, 0.2) is 0 Å². The molecule has 124 valence electrons. The fourth-order valence-electron chi connectivity index (χ4n) is 2.42. The van der Waals surface area contributed by atoms with Gasteiger partial charge in [-0.05, 0) is 47.6 Å². The molecule has 0 saturated heterocycles. The minimum absolute atomic E-state index is 0.190. The Morgan fingerprint density at radius 1 is 1.29 bits per heavy atom. The summed E-state index contributed by atoms with van der Waals surface area (Å²) in [5.74, 6) is -0.565. The molecule has 21 heavy (non-hydrogen) atoms. The zero-order valence-corrected chi connectivity index (χ0v) is 14.0. The Morgan fingerprint density at radius 2 is 1.90 bits per heavy atom. The Kier molecular flexibility index (Phi) is 9.21. The lowest BCUT2D eigenvalue weighted by molar-refractivity contribution is -0.151. The number of likely N-dealkylation sites (N-methyl/N-ethyl adjacent to an activating group) is 1. The van der Waals surface area contributed by atoms with E-state index < -0.39 is 5.54 Å². The SMILES string of the molecule is CCOC(=O)C(C)(CCCCC(NC)C(N)=O)NC(C)C. The highest BCUT2D eigenvalue weighted by Crippen LogP contribution is 2.18. The number of amides is 1. The van der Waals surface area contributed by atoms with Gasteiger partial charge in [0.2, 0.25) is 5.91 Å². The first kappa shape index (κ1) is 19.9. The maximum absolute atomic E-state index is 12.1. The van der Waals surface area contributed by atoms with E-state index in [0.29, 0.717) is 19.4 Å². The molecule has 0 fully saturated rings. The monoisotopic (exact) mass is 301 g/mol. The molecule has 6 nitrogen and oxygen atoms in total. The number of hydrogen-bond acceptors (Lipinski definition) is 5. The molecule has 0 spiro atoms. The summed E-state index contributed by atoms with van der Waals surface area (Å²) in [4.78, 5) is 23.3. The molecule has 6 heteroatoms. The summed E-state index contributed by atoms with van der Waals surface area (Å²) < 4.78 is 5.16. The van der Waals surface area contributed by atoms with Gasteiger partial charge in [0, 0.05) is 6.04 Å². The smallest absolute Gasteiger partial charge is 0.326 e. The molecule has 0 saturated carbocycles. The minimum Gasteiger partial charge on any atom is -0.465 e. The standard InChI is InChI=1S/C15H31N3O3/c1-6-21-14(20)15(4,18-11(2)3)10-8-7-9-12(17-5)13(16)19/h11-12,17-18H,6-10H2,1-5H3,(H2,16,19). The number of hydrogen-bond donors (Lipinski definition) is 3. The van der Waals surface area contributed by atoms with Gasteiger partial charge in [-0.15, -0.1) is 0 Å². The fourth-order valence-corrected chi connectivity index (χ4v) is 2.42. The van der Waals surface area contributed by atoms with E-state index in [1.54, 1.807) is 14.0 Å². The molecule has 0 heterocycles. The van der Waals surface area contributed by atoms with Gasteiger partial charge in [0.25, 0.3) is 0 Å². The molecular formula is C15H31N3O3. The molecule has 0 rings (SSSR count). The molecule has 0 aromatic carbocycles. The number of carbonyl (C=O) groups excluding carboxylic acids is 2. The normalized spacial score (nSPS) is 15.5. The number of nitrogens with two attached hydrogens (primary N) is 1. The molecule has 0 aromatic heterocycles. The van der Waals surface area contributed by atoms with Gasteiger partial charge in [-0.25, -0.2) is 0 Å². The second-order valence-corrected chi connectivity index (χ2v) is 5.84. The van der Waals surface area contributed by atoms with Crippen LogP contribution in [-0.2, 0) is 14.3 Å². The number of esters is 1. The number of nitrogens with one attached hydrogen (secondary N) is 2. The average Bonchev–Trinajstić information content (AvgIpc) is 2.37. The van der Waals surface area contributed by atoms with E-state index in [1.807, 2.05) is 20.8 Å². The van der Waals surface area contributed by atoms with E-state index in [2.05, 4.69) is 10.6 Å². The number of ether oxygens (including phenoxy) is 1. The van der Waals surface area contributed by atoms with Crippen molar-refractivity contribution in [1.29, 1.82) is 0 Å². The maximum atomic E-state index is 12.1. The molecule has 1 amide bonds. The van der Waals surface area contributed by atoms with E-state index in [-0.39, 0.29) is 24.0 Å². The molecule has 0 aromatic rings. The van der Waals surface area contributed by atoms with Crippen LogP contribution in [0.1, 0.15) is 53.4 Å². The van der Waals surface area contributed by atoms with Gasteiger partial charge < -0.3 is 15.8 Å². The quantitative estimate of drug-likeness (QED) is 0.390. The molecule has 0 radical (unpaired) electrons. The third kappa shape index (κ3) is 7.43. The van der Waals surface area contributed by atoms with Crippen molar-refractivity contribution in [3.05, 3.63) is 0 Å². The molecule has 0 bridgehead atoms. The third-order valence-corrected chi connectivity index (χ3v) is 3.44. The number of primary amides is 1. The van der Waals surface area contributed by atoms with Crippen LogP contribution >= 0.6 is 0 Å². The van der Waals surface area contributed by atoms with E-state index in [0.717, 1.165) is 12.8 Å². The van der Waals surface area contributed by atoms with Crippen LogP contribution in [0.3, 0.4) is 0 Å². The van der Waals surface area contributed by atoms with Gasteiger partial charge in [-0.1, -0.05) is 12.8 Å². The highest BCUT2D eigenvalue weighted by molar-refractivity contribution is 5.80. The van der Waals surface area contributed by atoms with E-state index in [1.165, 1.54) is 0 Å². The van der Waals surface area contributed by atoms with Crippen LogP contribution in [0.5, 0.6) is 0 Å². The van der Waals surface area contributed by atoms with Crippen LogP contribution in [0.4, 0.5) is 0 Å². The van der Waals surface area contributed by atoms with Crippen LogP contribution < -0.4 is 16.4 Å². The van der Waals surface area contributed by atoms with Gasteiger partial charge in [-0.3, -0.25) is 14.9 Å². The van der Waals surface area contributed by atoms with Gasteiger partial charge in [0.05, 0.1) is 12.6 Å². The van der Waals surface area contributed by atoms with Gasteiger partial charge in [-0.2, -0.15) is 0 Å². The summed E-state index contributed by atoms with van der Waals surface area (Å²) in [5.41, 5.74) is 4.59. The molecule has 2 atom stereocenters. The van der Waals surface area contributed by atoms with Crippen molar-refractivity contribution in [3.63, 3.8) is 0 Å². The van der Waals surface area contributed by atoms with Crippen LogP contribution in [0.2, 0.25) is 0 Å². The number of carbonyl (C=O) groups is 2. The van der Waals surface area contributed by atoms with Gasteiger partial charge in [0.1, 0.15) is 5.54 Å². The van der Waals surface area contributed by atoms with E-state index in [4.69, 9.17) is 10.5 Å². The molecule has 0 aliphatic carbocycles. The lowest BCUT2D eigenvalue weighted by Crippen LogP contribution is -2.53. The highest BCUT2D eigenvalue weighted by Gasteiger charge is 2.34. The molecule has 0 aliphatic rings. The Morgan fingerprint density at radius 3 is 2.33 bits per heavy atom. The summed E-state index contributed by atoms with van der Waals surface area (Å²) in [7, 11) is 1.72. The first-order valence-corrected chi connectivity index (χ1v) is 7.68. The molecule has 0 aliphatic heterocycles. The molecular weight excluding hydrogens is 270 g/mol. The second kappa shape index (κ2) is 9.73.